The molecule has 2 aliphatic rings. The van der Waals surface area contributed by atoms with Gasteiger partial charge in [0.1, 0.15) is 0 Å². The Labute approximate surface area is 118 Å². The Hall–Kier alpha value is -1.84. The van der Waals surface area contributed by atoms with Gasteiger partial charge in [0.15, 0.2) is 0 Å². The fraction of sp³-hybridized carbons (Fsp3) is 0.500. The van der Waals surface area contributed by atoms with E-state index in [9.17, 15) is 9.59 Å². The van der Waals surface area contributed by atoms with E-state index in [1.807, 2.05) is 12.1 Å². The van der Waals surface area contributed by atoms with Gasteiger partial charge in [0.25, 0.3) is 0 Å². The van der Waals surface area contributed by atoms with Crippen LogP contribution in [0.3, 0.4) is 0 Å². The molecule has 106 valence electrons. The molecule has 4 heteroatoms. The summed E-state index contributed by atoms with van der Waals surface area (Å²) in [5, 5.41) is 11.8. The van der Waals surface area contributed by atoms with Gasteiger partial charge in [-0.25, -0.2) is 4.79 Å². The second kappa shape index (κ2) is 5.27. The molecule has 2 fully saturated rings. The SMILES string of the molecule is O=C(O)c1ccc(CCNC(=O)C2C3CCCC32)cc1. The Morgan fingerprint density at radius 2 is 1.80 bits per heavy atom. The summed E-state index contributed by atoms with van der Waals surface area (Å²) in [7, 11) is 0. The molecule has 0 heterocycles. The predicted octanol–water partition coefficient (Wildman–Crippen LogP) is 2.09. The summed E-state index contributed by atoms with van der Waals surface area (Å²) in [5.74, 6) is 0.889. The van der Waals surface area contributed by atoms with Crippen LogP contribution in [0.15, 0.2) is 24.3 Å². The van der Waals surface area contributed by atoms with Crippen molar-refractivity contribution >= 4 is 11.9 Å². The van der Waals surface area contributed by atoms with Gasteiger partial charge in [0.2, 0.25) is 5.91 Å². The number of nitrogens with one attached hydrogen (secondary N) is 1. The minimum Gasteiger partial charge on any atom is -0.478 e. The van der Waals surface area contributed by atoms with Gasteiger partial charge in [-0.3, -0.25) is 4.79 Å². The fourth-order valence-electron chi connectivity index (χ4n) is 3.47. The summed E-state index contributed by atoms with van der Waals surface area (Å²) in [5.41, 5.74) is 1.34. The summed E-state index contributed by atoms with van der Waals surface area (Å²) in [6.45, 7) is 0.626. The van der Waals surface area contributed by atoms with Crippen molar-refractivity contribution in [3.8, 4) is 0 Å². The number of carbonyl (C=O) groups is 2. The lowest BCUT2D eigenvalue weighted by Gasteiger charge is -2.07. The molecule has 1 amide bonds. The Morgan fingerprint density at radius 1 is 1.15 bits per heavy atom. The third kappa shape index (κ3) is 2.55. The van der Waals surface area contributed by atoms with Crippen molar-refractivity contribution < 1.29 is 14.7 Å². The maximum absolute atomic E-state index is 12.0. The molecule has 0 saturated heterocycles. The highest BCUT2D eigenvalue weighted by Crippen LogP contribution is 2.57. The van der Waals surface area contributed by atoms with Gasteiger partial charge in [0.05, 0.1) is 5.56 Å². The molecular weight excluding hydrogens is 254 g/mol. The topological polar surface area (TPSA) is 66.4 Å². The first-order chi connectivity index (χ1) is 9.66. The molecule has 0 aliphatic heterocycles. The van der Waals surface area contributed by atoms with Crippen molar-refractivity contribution in [2.75, 3.05) is 6.54 Å². The van der Waals surface area contributed by atoms with Gasteiger partial charge in [-0.1, -0.05) is 18.6 Å². The highest BCUT2D eigenvalue weighted by atomic mass is 16.4. The van der Waals surface area contributed by atoms with Crippen LogP contribution in [0.4, 0.5) is 0 Å². The second-order valence-corrected chi connectivity index (χ2v) is 5.83. The predicted molar refractivity (Wildman–Crippen MR) is 74.4 cm³/mol. The van der Waals surface area contributed by atoms with E-state index in [0.29, 0.717) is 23.9 Å². The van der Waals surface area contributed by atoms with Crippen molar-refractivity contribution in [1.82, 2.24) is 5.32 Å². The van der Waals surface area contributed by atoms with Gasteiger partial charge in [-0.15, -0.1) is 0 Å². The lowest BCUT2D eigenvalue weighted by molar-refractivity contribution is -0.123. The molecule has 2 N–H and O–H groups in total. The number of hydrogen-bond acceptors (Lipinski definition) is 2. The zero-order chi connectivity index (χ0) is 14.1. The van der Waals surface area contributed by atoms with E-state index in [1.165, 1.54) is 19.3 Å². The van der Waals surface area contributed by atoms with Crippen molar-refractivity contribution in [3.05, 3.63) is 35.4 Å². The number of amides is 1. The summed E-state index contributed by atoms with van der Waals surface area (Å²) in [4.78, 5) is 22.7. The van der Waals surface area contributed by atoms with Gasteiger partial charge >= 0.3 is 5.97 Å². The van der Waals surface area contributed by atoms with Crippen LogP contribution in [0.2, 0.25) is 0 Å². The number of carbonyl (C=O) groups excluding carboxylic acids is 1. The minimum atomic E-state index is -0.912. The molecule has 2 aliphatic carbocycles. The van der Waals surface area contributed by atoms with Crippen LogP contribution in [-0.4, -0.2) is 23.5 Å². The first-order valence-corrected chi connectivity index (χ1v) is 7.27. The van der Waals surface area contributed by atoms with Gasteiger partial charge < -0.3 is 10.4 Å². The molecule has 4 nitrogen and oxygen atoms in total. The summed E-state index contributed by atoms with van der Waals surface area (Å²) in [6, 6.07) is 6.82. The average molecular weight is 273 g/mol. The van der Waals surface area contributed by atoms with E-state index in [4.69, 9.17) is 5.11 Å². The molecule has 1 aromatic rings. The maximum Gasteiger partial charge on any atom is 0.335 e. The van der Waals surface area contributed by atoms with E-state index >= 15 is 0 Å². The zero-order valence-corrected chi connectivity index (χ0v) is 11.3. The van der Waals surface area contributed by atoms with Crippen molar-refractivity contribution in [3.63, 3.8) is 0 Å². The average Bonchev–Trinajstić information content (AvgIpc) is 2.93. The Morgan fingerprint density at radius 3 is 2.40 bits per heavy atom. The quantitative estimate of drug-likeness (QED) is 0.863. The lowest BCUT2D eigenvalue weighted by atomic mass is 10.1. The summed E-state index contributed by atoms with van der Waals surface area (Å²) < 4.78 is 0. The minimum absolute atomic E-state index is 0.210. The fourth-order valence-corrected chi connectivity index (χ4v) is 3.47. The Balaban J connectivity index is 1.43. The zero-order valence-electron chi connectivity index (χ0n) is 11.3. The van der Waals surface area contributed by atoms with Crippen molar-refractivity contribution in [2.45, 2.75) is 25.7 Å². The van der Waals surface area contributed by atoms with Gasteiger partial charge in [0, 0.05) is 12.5 Å². The van der Waals surface area contributed by atoms with Gasteiger partial charge in [-0.2, -0.15) is 0 Å². The first kappa shape index (κ1) is 13.2. The summed E-state index contributed by atoms with van der Waals surface area (Å²) >= 11 is 0. The number of aromatic carboxylic acids is 1. The number of rotatable bonds is 5. The second-order valence-electron chi connectivity index (χ2n) is 5.83. The molecule has 0 radical (unpaired) electrons. The van der Waals surface area contributed by atoms with E-state index in [-0.39, 0.29) is 11.8 Å². The number of carboxylic acid groups (broad SMARTS) is 1. The molecule has 2 saturated carbocycles. The normalized spacial score (nSPS) is 26.9. The van der Waals surface area contributed by atoms with Crippen LogP contribution in [0, 0.1) is 17.8 Å². The van der Waals surface area contributed by atoms with Crippen LogP contribution in [0.5, 0.6) is 0 Å². The van der Waals surface area contributed by atoms with Crippen LogP contribution < -0.4 is 5.32 Å². The molecule has 1 aromatic carbocycles. The molecule has 2 unspecified atom stereocenters. The third-order valence-electron chi connectivity index (χ3n) is 4.62. The first-order valence-electron chi connectivity index (χ1n) is 7.27. The number of benzene rings is 1. The maximum atomic E-state index is 12.0. The smallest absolute Gasteiger partial charge is 0.335 e. The van der Waals surface area contributed by atoms with E-state index < -0.39 is 5.97 Å². The Kier molecular flexibility index (Phi) is 3.47. The molecular formula is C16H19NO3. The Bertz CT molecular complexity index is 513. The molecule has 2 atom stereocenters. The number of carboxylic acids is 1. The molecule has 0 bridgehead atoms. The van der Waals surface area contributed by atoms with Crippen LogP contribution in [0.25, 0.3) is 0 Å². The third-order valence-corrected chi connectivity index (χ3v) is 4.62. The monoisotopic (exact) mass is 273 g/mol. The lowest BCUT2D eigenvalue weighted by Crippen LogP contribution is -2.28. The summed E-state index contributed by atoms with van der Waals surface area (Å²) in [6.07, 6.45) is 4.47. The molecule has 0 aromatic heterocycles. The van der Waals surface area contributed by atoms with Crippen LogP contribution in [0.1, 0.15) is 35.2 Å². The van der Waals surface area contributed by atoms with Crippen LogP contribution >= 0.6 is 0 Å². The van der Waals surface area contributed by atoms with Gasteiger partial charge in [-0.05, 0) is 48.8 Å². The van der Waals surface area contributed by atoms with Crippen LogP contribution in [-0.2, 0) is 11.2 Å². The number of fused-ring (bicyclic) bond motifs is 1. The highest BCUT2D eigenvalue weighted by Gasteiger charge is 2.56. The standard InChI is InChI=1S/C16H19NO3/c18-15(14-12-2-1-3-13(12)14)17-9-8-10-4-6-11(7-5-10)16(19)20/h4-7,12-14H,1-3,8-9H2,(H,17,18)(H,19,20). The molecule has 3 rings (SSSR count). The van der Waals surface area contributed by atoms with E-state index in [0.717, 1.165) is 12.0 Å². The largest absolute Gasteiger partial charge is 0.478 e. The van der Waals surface area contributed by atoms with Crippen molar-refractivity contribution in [2.24, 2.45) is 17.8 Å². The molecule has 0 spiro atoms. The number of hydrogen-bond donors (Lipinski definition) is 2. The molecule has 20 heavy (non-hydrogen) atoms. The highest BCUT2D eigenvalue weighted by molar-refractivity contribution is 5.87. The van der Waals surface area contributed by atoms with E-state index in [1.54, 1.807) is 12.1 Å². The van der Waals surface area contributed by atoms with Crippen molar-refractivity contribution in [1.29, 1.82) is 0 Å². The van der Waals surface area contributed by atoms with E-state index in [2.05, 4.69) is 5.32 Å².